The van der Waals surface area contributed by atoms with Gasteiger partial charge in [0.15, 0.2) is 0 Å². The van der Waals surface area contributed by atoms with Crippen LogP contribution in [0.4, 0.5) is 11.4 Å². The van der Waals surface area contributed by atoms with Gasteiger partial charge in [0, 0.05) is 28.1 Å². The summed E-state index contributed by atoms with van der Waals surface area (Å²) in [5.41, 5.74) is 3.04. The van der Waals surface area contributed by atoms with Crippen molar-refractivity contribution in [3.8, 4) is 11.1 Å². The average molecular weight is 298 g/mol. The third-order valence-electron chi connectivity index (χ3n) is 3.35. The lowest BCUT2D eigenvalue weighted by atomic mass is 10.0. The first-order valence-electron chi connectivity index (χ1n) is 6.69. The van der Waals surface area contributed by atoms with E-state index in [-0.39, 0.29) is 10.6 Å². The summed E-state index contributed by atoms with van der Waals surface area (Å²) < 4.78 is 0. The van der Waals surface area contributed by atoms with Crippen LogP contribution in [0.1, 0.15) is 13.3 Å². The van der Waals surface area contributed by atoms with Crippen LogP contribution in [0.25, 0.3) is 11.1 Å². The lowest BCUT2D eigenvalue weighted by molar-refractivity contribution is -0.384. The highest BCUT2D eigenvalue weighted by molar-refractivity contribution is 8.03. The molecule has 5 heteroatoms. The monoisotopic (exact) mass is 298 g/mol. The predicted octanol–water partition coefficient (Wildman–Crippen LogP) is 5.03. The zero-order valence-electron chi connectivity index (χ0n) is 11.5. The Morgan fingerprint density at radius 3 is 2.76 bits per heavy atom. The van der Waals surface area contributed by atoms with Crippen LogP contribution in [0.5, 0.6) is 0 Å². The number of nitro groups is 1. The van der Waals surface area contributed by atoms with E-state index in [0.29, 0.717) is 0 Å². The molecule has 1 N–H and O–H groups in total. The van der Waals surface area contributed by atoms with Gasteiger partial charge in [-0.1, -0.05) is 36.9 Å². The largest absolute Gasteiger partial charge is 0.360 e. The maximum Gasteiger partial charge on any atom is 0.270 e. The number of nitrogens with zero attached hydrogens (tertiary/aromatic N) is 1. The summed E-state index contributed by atoms with van der Waals surface area (Å²) in [5.74, 6) is 0. The molecule has 0 aromatic heterocycles. The molecule has 0 radical (unpaired) electrons. The van der Waals surface area contributed by atoms with Gasteiger partial charge in [0.25, 0.3) is 5.69 Å². The van der Waals surface area contributed by atoms with E-state index in [9.17, 15) is 10.1 Å². The van der Waals surface area contributed by atoms with E-state index in [0.717, 1.165) is 28.1 Å². The van der Waals surface area contributed by atoms with Crippen molar-refractivity contribution in [2.24, 2.45) is 0 Å². The Hall–Kier alpha value is -2.27. The molecule has 1 aliphatic heterocycles. The van der Waals surface area contributed by atoms with Gasteiger partial charge in [0.2, 0.25) is 0 Å². The van der Waals surface area contributed by atoms with Gasteiger partial charge in [-0.15, -0.1) is 0 Å². The molecule has 106 valence electrons. The molecular formula is C16H14N2O2S. The highest BCUT2D eigenvalue weighted by Crippen LogP contribution is 2.40. The van der Waals surface area contributed by atoms with Crippen molar-refractivity contribution < 1.29 is 4.92 Å². The molecule has 0 atom stereocenters. The summed E-state index contributed by atoms with van der Waals surface area (Å²) in [6.07, 6.45) is 3.01. The summed E-state index contributed by atoms with van der Waals surface area (Å²) in [6.45, 7) is 2.12. The lowest BCUT2D eigenvalue weighted by Gasteiger charge is -2.18. The number of benzene rings is 2. The van der Waals surface area contributed by atoms with E-state index >= 15 is 0 Å². The number of rotatable bonds is 3. The molecule has 4 nitrogen and oxygen atoms in total. The van der Waals surface area contributed by atoms with Crippen molar-refractivity contribution in [2.45, 2.75) is 18.2 Å². The fourth-order valence-electron chi connectivity index (χ4n) is 2.21. The summed E-state index contributed by atoms with van der Waals surface area (Å²) in [6, 6.07) is 12.8. The van der Waals surface area contributed by atoms with Gasteiger partial charge in [-0.05, 0) is 29.7 Å². The molecule has 0 aliphatic carbocycles. The quantitative estimate of drug-likeness (QED) is 0.637. The van der Waals surface area contributed by atoms with Gasteiger partial charge in [-0.25, -0.2) is 0 Å². The van der Waals surface area contributed by atoms with E-state index in [2.05, 4.69) is 18.3 Å². The first-order valence-corrected chi connectivity index (χ1v) is 7.51. The Morgan fingerprint density at radius 1 is 1.19 bits per heavy atom. The molecule has 2 aromatic carbocycles. The van der Waals surface area contributed by atoms with Crippen LogP contribution in [0.15, 0.2) is 58.5 Å². The fraction of sp³-hybridized carbons (Fsp3) is 0.125. The zero-order valence-corrected chi connectivity index (χ0v) is 12.3. The molecule has 0 fully saturated rings. The van der Waals surface area contributed by atoms with Gasteiger partial charge in [0.1, 0.15) is 0 Å². The molecule has 0 bridgehead atoms. The maximum atomic E-state index is 10.9. The van der Waals surface area contributed by atoms with Crippen LogP contribution in [0.3, 0.4) is 0 Å². The molecule has 3 rings (SSSR count). The third-order valence-corrected chi connectivity index (χ3v) is 4.58. The Bertz CT molecular complexity index is 741. The lowest BCUT2D eigenvalue weighted by Crippen LogP contribution is -1.98. The molecule has 21 heavy (non-hydrogen) atoms. The molecule has 0 saturated heterocycles. The number of non-ortho nitro benzene ring substituents is 1. The van der Waals surface area contributed by atoms with E-state index in [1.165, 1.54) is 11.0 Å². The second-order valence-electron chi connectivity index (χ2n) is 4.73. The highest BCUT2D eigenvalue weighted by Gasteiger charge is 2.13. The van der Waals surface area contributed by atoms with Crippen LogP contribution in [0.2, 0.25) is 0 Å². The van der Waals surface area contributed by atoms with Crippen molar-refractivity contribution in [3.63, 3.8) is 0 Å². The normalized spacial score (nSPS) is 13.1. The third kappa shape index (κ3) is 2.78. The Morgan fingerprint density at radius 2 is 2.00 bits per heavy atom. The molecule has 1 aliphatic rings. The summed E-state index contributed by atoms with van der Waals surface area (Å²) in [4.78, 5) is 12.9. The minimum atomic E-state index is -0.365. The minimum Gasteiger partial charge on any atom is -0.360 e. The fourth-order valence-corrected chi connectivity index (χ4v) is 3.18. The van der Waals surface area contributed by atoms with Crippen molar-refractivity contribution >= 4 is 23.1 Å². The van der Waals surface area contributed by atoms with Gasteiger partial charge < -0.3 is 5.32 Å². The Balaban J connectivity index is 1.98. The van der Waals surface area contributed by atoms with E-state index in [1.54, 1.807) is 23.9 Å². The van der Waals surface area contributed by atoms with Gasteiger partial charge in [-0.3, -0.25) is 10.1 Å². The van der Waals surface area contributed by atoms with Crippen molar-refractivity contribution in [1.29, 1.82) is 0 Å². The van der Waals surface area contributed by atoms with Crippen LogP contribution in [-0.2, 0) is 0 Å². The molecule has 0 spiro atoms. The molecule has 0 saturated carbocycles. The predicted molar refractivity (Wildman–Crippen MR) is 86.4 cm³/mol. The molecule has 1 heterocycles. The second kappa shape index (κ2) is 5.61. The summed E-state index contributed by atoms with van der Waals surface area (Å²) in [7, 11) is 0. The van der Waals surface area contributed by atoms with Crippen molar-refractivity contribution in [3.05, 3.63) is 63.7 Å². The number of nitrogens with one attached hydrogen (secondary N) is 1. The van der Waals surface area contributed by atoms with Crippen LogP contribution in [-0.4, -0.2) is 4.92 Å². The molecule has 0 amide bonds. The second-order valence-corrected chi connectivity index (χ2v) is 5.90. The zero-order chi connectivity index (χ0) is 14.8. The van der Waals surface area contributed by atoms with Gasteiger partial charge in [-0.2, -0.15) is 0 Å². The van der Waals surface area contributed by atoms with Gasteiger partial charge in [0.05, 0.1) is 10.6 Å². The highest BCUT2D eigenvalue weighted by atomic mass is 32.2. The average Bonchev–Trinajstić information content (AvgIpc) is 2.53. The van der Waals surface area contributed by atoms with E-state index in [1.807, 2.05) is 24.4 Å². The number of hydrogen-bond acceptors (Lipinski definition) is 4. The molecule has 2 aromatic rings. The number of thioether (sulfide) groups is 1. The van der Waals surface area contributed by atoms with E-state index in [4.69, 9.17) is 0 Å². The first-order chi connectivity index (χ1) is 10.2. The number of hydrogen-bond donors (Lipinski definition) is 1. The van der Waals surface area contributed by atoms with Crippen LogP contribution < -0.4 is 5.32 Å². The molecular weight excluding hydrogens is 284 g/mol. The number of anilines is 1. The topological polar surface area (TPSA) is 55.2 Å². The molecule has 0 unspecified atom stereocenters. The Kier molecular flexibility index (Phi) is 3.66. The Labute approximate surface area is 127 Å². The SMILES string of the molecule is CCC1=CNc2ccc(-c3cccc([N+](=O)[O-])c3)cc2S1. The van der Waals surface area contributed by atoms with E-state index < -0.39 is 0 Å². The number of nitro benzene ring substituents is 1. The number of fused-ring (bicyclic) bond motifs is 1. The summed E-state index contributed by atoms with van der Waals surface area (Å²) in [5, 5.41) is 14.2. The van der Waals surface area contributed by atoms with Gasteiger partial charge >= 0.3 is 0 Å². The van der Waals surface area contributed by atoms with Crippen LogP contribution >= 0.6 is 11.8 Å². The minimum absolute atomic E-state index is 0.116. The standard InChI is InChI=1S/C16H14N2O2S/c1-2-14-10-17-15-7-6-12(9-16(15)21-14)11-4-3-5-13(8-11)18(19)20/h3-10,17H,2H2,1H3. The summed E-state index contributed by atoms with van der Waals surface area (Å²) >= 11 is 1.74. The smallest absolute Gasteiger partial charge is 0.270 e. The number of allylic oxidation sites excluding steroid dienone is 1. The first kappa shape index (κ1) is 13.7. The maximum absolute atomic E-state index is 10.9. The van der Waals surface area contributed by atoms with Crippen molar-refractivity contribution in [1.82, 2.24) is 0 Å². The van der Waals surface area contributed by atoms with Crippen molar-refractivity contribution in [2.75, 3.05) is 5.32 Å². The van der Waals surface area contributed by atoms with Crippen LogP contribution in [0, 0.1) is 10.1 Å².